The molecule has 0 saturated carbocycles. The number of oxazole rings is 1. The Morgan fingerprint density at radius 3 is 2.72 bits per heavy atom. The van der Waals surface area contributed by atoms with Gasteiger partial charge in [-0.1, -0.05) is 17.3 Å². The summed E-state index contributed by atoms with van der Waals surface area (Å²) in [6, 6.07) is 9.75. The molecule has 1 N–H and O–H groups in total. The standard InChI is InChI=1S/C20H22N4O5/c1-12-11-17(29-23-12)22-18(25)13(2)27-19(26)14-7-9-24(10-8-14)20-21-15-5-3-4-6-16(15)28-20/h3-6,11,13-14H,7-10H2,1-2H3,(H,22,25)/t13-/m0/s1. The maximum absolute atomic E-state index is 12.5. The predicted octanol–water partition coefficient (Wildman–Crippen LogP) is 2.91. The highest BCUT2D eigenvalue weighted by Crippen LogP contribution is 2.27. The van der Waals surface area contributed by atoms with E-state index in [0.717, 1.165) is 11.1 Å². The van der Waals surface area contributed by atoms with Crippen LogP contribution >= 0.6 is 0 Å². The van der Waals surface area contributed by atoms with Crippen LogP contribution in [0.4, 0.5) is 11.9 Å². The van der Waals surface area contributed by atoms with Gasteiger partial charge < -0.3 is 18.6 Å². The summed E-state index contributed by atoms with van der Waals surface area (Å²) in [5.41, 5.74) is 2.20. The van der Waals surface area contributed by atoms with Crippen LogP contribution in [0.5, 0.6) is 0 Å². The number of anilines is 2. The summed E-state index contributed by atoms with van der Waals surface area (Å²) in [5.74, 6) is -0.877. The highest BCUT2D eigenvalue weighted by Gasteiger charge is 2.30. The quantitative estimate of drug-likeness (QED) is 0.653. The van der Waals surface area contributed by atoms with Crippen molar-refractivity contribution in [2.75, 3.05) is 23.3 Å². The van der Waals surface area contributed by atoms with Crippen LogP contribution < -0.4 is 10.2 Å². The molecule has 0 bridgehead atoms. The Hall–Kier alpha value is -3.36. The van der Waals surface area contributed by atoms with Gasteiger partial charge in [-0.3, -0.25) is 14.9 Å². The number of para-hydroxylation sites is 2. The second-order valence-corrected chi connectivity index (χ2v) is 7.13. The number of hydrogen-bond acceptors (Lipinski definition) is 8. The second-order valence-electron chi connectivity index (χ2n) is 7.13. The van der Waals surface area contributed by atoms with E-state index in [4.69, 9.17) is 13.7 Å². The summed E-state index contributed by atoms with van der Waals surface area (Å²) in [5, 5.41) is 6.23. The zero-order chi connectivity index (χ0) is 20.4. The maximum Gasteiger partial charge on any atom is 0.309 e. The Morgan fingerprint density at radius 1 is 1.28 bits per heavy atom. The van der Waals surface area contributed by atoms with Gasteiger partial charge in [-0.25, -0.2) is 0 Å². The Labute approximate surface area is 167 Å². The van der Waals surface area contributed by atoms with Crippen molar-refractivity contribution in [3.05, 3.63) is 36.0 Å². The number of aromatic nitrogens is 2. The largest absolute Gasteiger partial charge is 0.452 e. The topological polar surface area (TPSA) is 111 Å². The minimum atomic E-state index is -0.928. The molecule has 2 aromatic heterocycles. The minimum Gasteiger partial charge on any atom is -0.452 e. The minimum absolute atomic E-state index is 0.224. The first kappa shape index (κ1) is 19.0. The third-order valence-corrected chi connectivity index (χ3v) is 4.92. The van der Waals surface area contributed by atoms with Crippen molar-refractivity contribution in [2.24, 2.45) is 5.92 Å². The summed E-state index contributed by atoms with van der Waals surface area (Å²) < 4.78 is 16.1. The van der Waals surface area contributed by atoms with Crippen LogP contribution in [0.2, 0.25) is 0 Å². The fraction of sp³-hybridized carbons (Fsp3) is 0.400. The molecule has 1 aliphatic rings. The highest BCUT2D eigenvalue weighted by atomic mass is 16.5. The zero-order valence-corrected chi connectivity index (χ0v) is 16.3. The van der Waals surface area contributed by atoms with Gasteiger partial charge in [-0.15, -0.1) is 0 Å². The number of benzene rings is 1. The number of rotatable bonds is 5. The fourth-order valence-electron chi connectivity index (χ4n) is 3.27. The lowest BCUT2D eigenvalue weighted by molar-refractivity contribution is -0.158. The number of carbonyl (C=O) groups is 2. The molecular formula is C20H22N4O5. The van der Waals surface area contributed by atoms with E-state index in [9.17, 15) is 9.59 Å². The van der Waals surface area contributed by atoms with Gasteiger partial charge in [0, 0.05) is 19.2 Å². The molecule has 0 spiro atoms. The van der Waals surface area contributed by atoms with E-state index in [1.807, 2.05) is 29.2 Å². The Morgan fingerprint density at radius 2 is 2.03 bits per heavy atom. The number of ether oxygens (including phenoxy) is 1. The van der Waals surface area contributed by atoms with E-state index in [0.29, 0.717) is 37.6 Å². The molecule has 1 aromatic carbocycles. The van der Waals surface area contributed by atoms with Crippen LogP contribution in [0, 0.1) is 12.8 Å². The normalized spacial score (nSPS) is 16.0. The molecule has 3 aromatic rings. The monoisotopic (exact) mass is 398 g/mol. The van der Waals surface area contributed by atoms with Crippen molar-refractivity contribution in [3.8, 4) is 0 Å². The van der Waals surface area contributed by atoms with Crippen molar-refractivity contribution >= 4 is 34.9 Å². The number of esters is 1. The van der Waals surface area contributed by atoms with Crippen molar-refractivity contribution in [1.29, 1.82) is 0 Å². The lowest BCUT2D eigenvalue weighted by atomic mass is 9.97. The van der Waals surface area contributed by atoms with Crippen LogP contribution in [0.3, 0.4) is 0 Å². The van der Waals surface area contributed by atoms with Crippen molar-refractivity contribution in [3.63, 3.8) is 0 Å². The van der Waals surface area contributed by atoms with Crippen LogP contribution in [0.25, 0.3) is 11.1 Å². The number of hydrogen-bond donors (Lipinski definition) is 1. The van der Waals surface area contributed by atoms with Gasteiger partial charge >= 0.3 is 5.97 Å². The molecule has 29 heavy (non-hydrogen) atoms. The number of amides is 1. The van der Waals surface area contributed by atoms with Gasteiger partial charge in [0.05, 0.1) is 11.6 Å². The number of piperidine rings is 1. The van der Waals surface area contributed by atoms with Gasteiger partial charge in [0.15, 0.2) is 11.7 Å². The van der Waals surface area contributed by atoms with Gasteiger partial charge in [-0.2, -0.15) is 4.98 Å². The molecule has 1 aliphatic heterocycles. The molecule has 1 fully saturated rings. The number of nitrogens with one attached hydrogen (secondary N) is 1. The maximum atomic E-state index is 12.5. The van der Waals surface area contributed by atoms with E-state index >= 15 is 0 Å². The molecule has 152 valence electrons. The molecule has 9 heteroatoms. The van der Waals surface area contributed by atoms with Crippen LogP contribution in [-0.2, 0) is 14.3 Å². The van der Waals surface area contributed by atoms with Crippen molar-refractivity contribution in [1.82, 2.24) is 10.1 Å². The summed E-state index contributed by atoms with van der Waals surface area (Å²) in [6.45, 7) is 4.54. The Bertz CT molecular complexity index is 986. The molecule has 1 atom stereocenters. The molecule has 1 saturated heterocycles. The lowest BCUT2D eigenvalue weighted by Gasteiger charge is -2.30. The summed E-state index contributed by atoms with van der Waals surface area (Å²) >= 11 is 0. The van der Waals surface area contributed by atoms with Crippen LogP contribution in [-0.4, -0.2) is 41.2 Å². The third kappa shape index (κ3) is 4.23. The Kier molecular flexibility index (Phi) is 5.20. The number of nitrogens with zero attached hydrogens (tertiary/aromatic N) is 3. The smallest absolute Gasteiger partial charge is 0.309 e. The summed E-state index contributed by atoms with van der Waals surface area (Å²) in [4.78, 5) is 31.1. The predicted molar refractivity (Wildman–Crippen MR) is 104 cm³/mol. The molecule has 1 amide bonds. The molecule has 9 nitrogen and oxygen atoms in total. The van der Waals surface area contributed by atoms with E-state index < -0.39 is 12.0 Å². The number of carbonyl (C=O) groups excluding carboxylic acids is 2. The molecular weight excluding hydrogens is 376 g/mol. The number of fused-ring (bicyclic) bond motifs is 1. The molecule has 3 heterocycles. The van der Waals surface area contributed by atoms with Gasteiger partial charge in [0.1, 0.15) is 5.52 Å². The lowest BCUT2D eigenvalue weighted by Crippen LogP contribution is -2.39. The fourth-order valence-corrected chi connectivity index (χ4v) is 3.27. The van der Waals surface area contributed by atoms with E-state index in [1.54, 1.807) is 13.0 Å². The van der Waals surface area contributed by atoms with Gasteiger partial charge in [-0.05, 0) is 38.8 Å². The summed E-state index contributed by atoms with van der Waals surface area (Å²) in [6.07, 6.45) is 0.281. The van der Waals surface area contributed by atoms with Crippen LogP contribution in [0.15, 0.2) is 39.3 Å². The first-order chi connectivity index (χ1) is 14.0. The molecule has 0 aliphatic carbocycles. The Balaban J connectivity index is 1.28. The average molecular weight is 398 g/mol. The number of aryl methyl sites for hydroxylation is 1. The first-order valence-corrected chi connectivity index (χ1v) is 9.55. The molecule has 0 radical (unpaired) electrons. The van der Waals surface area contributed by atoms with E-state index in [-0.39, 0.29) is 17.8 Å². The van der Waals surface area contributed by atoms with Crippen LogP contribution in [0.1, 0.15) is 25.5 Å². The van der Waals surface area contributed by atoms with Gasteiger partial charge in [0.25, 0.3) is 11.9 Å². The zero-order valence-electron chi connectivity index (χ0n) is 16.3. The summed E-state index contributed by atoms with van der Waals surface area (Å²) in [7, 11) is 0. The average Bonchev–Trinajstić information content (AvgIpc) is 3.33. The van der Waals surface area contributed by atoms with Crippen molar-refractivity contribution in [2.45, 2.75) is 32.8 Å². The molecule has 0 unspecified atom stereocenters. The second kappa shape index (κ2) is 7.94. The third-order valence-electron chi connectivity index (χ3n) is 4.92. The SMILES string of the molecule is Cc1cc(NC(=O)[C@H](C)OC(=O)C2CCN(c3nc4ccccc4o3)CC2)on1. The van der Waals surface area contributed by atoms with E-state index in [1.165, 1.54) is 6.92 Å². The van der Waals surface area contributed by atoms with Crippen molar-refractivity contribution < 1.29 is 23.3 Å². The first-order valence-electron chi connectivity index (χ1n) is 9.55. The highest BCUT2D eigenvalue weighted by molar-refractivity contribution is 5.94. The molecule has 4 rings (SSSR count). The van der Waals surface area contributed by atoms with E-state index in [2.05, 4.69) is 15.5 Å². The van der Waals surface area contributed by atoms with Gasteiger partial charge in [0.2, 0.25) is 5.88 Å².